The van der Waals surface area contributed by atoms with Crippen LogP contribution in [0.4, 0.5) is 4.79 Å². The van der Waals surface area contributed by atoms with Crippen LogP contribution < -0.4 is 4.72 Å². The lowest BCUT2D eigenvalue weighted by Gasteiger charge is -2.39. The van der Waals surface area contributed by atoms with Crippen LogP contribution in [0, 0.1) is 5.92 Å². The Hall–Kier alpha value is -0.283. The predicted octanol–water partition coefficient (Wildman–Crippen LogP) is 5.47. The average molecular weight is 477 g/mol. The summed E-state index contributed by atoms with van der Waals surface area (Å²) >= 11 is -1.15. The van der Waals surface area contributed by atoms with Gasteiger partial charge < -0.3 is 18.6 Å². The summed E-state index contributed by atoms with van der Waals surface area (Å²) in [7, 11) is -1.89. The maximum absolute atomic E-state index is 12.8. The number of rotatable bonds is 7. The highest BCUT2D eigenvalue weighted by Crippen LogP contribution is 2.37. The Labute approximate surface area is 195 Å². The van der Waals surface area contributed by atoms with Gasteiger partial charge >= 0.3 is 6.09 Å². The van der Waals surface area contributed by atoms with E-state index in [0.717, 1.165) is 19.3 Å². The van der Waals surface area contributed by atoms with Crippen LogP contribution in [0.15, 0.2) is 0 Å². The Bertz CT molecular complexity index is 574. The molecule has 1 amide bonds. The fourth-order valence-corrected chi connectivity index (χ4v) is 4.96. The van der Waals surface area contributed by atoms with Gasteiger partial charge in [0.2, 0.25) is 0 Å². The van der Waals surface area contributed by atoms with Crippen molar-refractivity contribution in [3.63, 3.8) is 0 Å². The van der Waals surface area contributed by atoms with Crippen LogP contribution in [0.3, 0.4) is 0 Å². The number of likely N-dealkylation sites (tertiary alicyclic amines) is 1. The minimum Gasteiger partial charge on any atom is -0.598 e. The second-order valence-corrected chi connectivity index (χ2v) is 19.2. The lowest BCUT2D eigenvalue weighted by Crippen LogP contribution is -2.50. The zero-order valence-electron chi connectivity index (χ0n) is 21.9. The minimum absolute atomic E-state index is 0.0345. The van der Waals surface area contributed by atoms with E-state index < -0.39 is 25.3 Å². The number of hydrogen-bond donors (Lipinski definition) is 1. The maximum atomic E-state index is 12.8. The molecule has 1 saturated heterocycles. The van der Waals surface area contributed by atoms with Crippen LogP contribution in [0.1, 0.15) is 81.6 Å². The molecule has 31 heavy (non-hydrogen) atoms. The highest BCUT2D eigenvalue weighted by molar-refractivity contribution is 7.90. The van der Waals surface area contributed by atoms with Crippen molar-refractivity contribution in [1.29, 1.82) is 0 Å². The van der Waals surface area contributed by atoms with Crippen LogP contribution in [-0.2, 0) is 20.5 Å². The van der Waals surface area contributed by atoms with Gasteiger partial charge in [0.05, 0.1) is 12.6 Å². The van der Waals surface area contributed by atoms with Crippen LogP contribution in [0.25, 0.3) is 0 Å². The molecule has 0 spiro atoms. The first-order chi connectivity index (χ1) is 13.8. The third-order valence-corrected chi connectivity index (χ3v) is 12.3. The van der Waals surface area contributed by atoms with Crippen LogP contribution >= 0.6 is 0 Å². The molecule has 1 aliphatic heterocycles. The summed E-state index contributed by atoms with van der Waals surface area (Å²) in [6.45, 7) is 24.9. The van der Waals surface area contributed by atoms with Crippen molar-refractivity contribution in [3.8, 4) is 0 Å². The quantitative estimate of drug-likeness (QED) is 0.390. The van der Waals surface area contributed by atoms with Gasteiger partial charge in [-0.1, -0.05) is 20.8 Å². The van der Waals surface area contributed by atoms with E-state index in [1.165, 1.54) is 0 Å². The SMILES string of the molecule is CC(C)(C)OC(=O)N1CCC(C[C@H](CO[Si](C)(C)C(C)(C)C)N[S@@+]([O-])C(C)(C)C)CC1. The molecule has 6 nitrogen and oxygen atoms in total. The normalized spacial score (nSPS) is 19.3. The molecule has 1 rings (SSSR count). The van der Waals surface area contributed by atoms with Gasteiger partial charge in [-0.3, -0.25) is 0 Å². The molecule has 184 valence electrons. The van der Waals surface area contributed by atoms with Crippen LogP contribution in [-0.4, -0.2) is 59.9 Å². The zero-order chi connectivity index (χ0) is 24.3. The number of ether oxygens (including phenoxy) is 1. The first kappa shape index (κ1) is 28.7. The van der Waals surface area contributed by atoms with E-state index in [0.29, 0.717) is 25.6 Å². The molecule has 0 unspecified atom stereocenters. The maximum Gasteiger partial charge on any atom is 0.410 e. The number of nitrogens with one attached hydrogen (secondary N) is 1. The Morgan fingerprint density at radius 3 is 2.03 bits per heavy atom. The molecule has 0 aromatic carbocycles. The van der Waals surface area contributed by atoms with Crippen LogP contribution in [0.2, 0.25) is 18.1 Å². The molecule has 0 bridgehead atoms. The number of hydrogen-bond acceptors (Lipinski definition) is 5. The van der Waals surface area contributed by atoms with E-state index in [2.05, 4.69) is 38.6 Å². The molecular weight excluding hydrogens is 428 g/mol. The second-order valence-electron chi connectivity index (χ2n) is 12.4. The molecule has 1 aliphatic rings. The van der Waals surface area contributed by atoms with Gasteiger partial charge in [-0.25, -0.2) is 4.79 Å². The van der Waals surface area contributed by atoms with Gasteiger partial charge in [0, 0.05) is 24.5 Å². The van der Waals surface area contributed by atoms with Crippen molar-refractivity contribution in [2.75, 3.05) is 19.7 Å². The van der Waals surface area contributed by atoms with E-state index in [4.69, 9.17) is 9.16 Å². The number of carbonyl (C=O) groups is 1. The summed E-state index contributed by atoms with van der Waals surface area (Å²) in [5.41, 5.74) is -0.471. The number of piperidine rings is 1. The smallest absolute Gasteiger partial charge is 0.410 e. The number of amides is 1. The third kappa shape index (κ3) is 10.0. The summed E-state index contributed by atoms with van der Waals surface area (Å²) < 4.78 is 27.8. The van der Waals surface area contributed by atoms with Crippen molar-refractivity contribution in [3.05, 3.63) is 0 Å². The average Bonchev–Trinajstić information content (AvgIpc) is 2.57. The largest absolute Gasteiger partial charge is 0.598 e. The molecule has 0 aliphatic carbocycles. The molecule has 2 atom stereocenters. The van der Waals surface area contributed by atoms with Crippen LogP contribution in [0.5, 0.6) is 0 Å². The highest BCUT2D eigenvalue weighted by Gasteiger charge is 2.39. The van der Waals surface area contributed by atoms with E-state index in [1.807, 2.05) is 46.4 Å². The van der Waals surface area contributed by atoms with E-state index in [1.54, 1.807) is 0 Å². The van der Waals surface area contributed by atoms with Crippen molar-refractivity contribution >= 4 is 25.8 Å². The Morgan fingerprint density at radius 1 is 1.10 bits per heavy atom. The van der Waals surface area contributed by atoms with Crippen molar-refractivity contribution < 1.29 is 18.5 Å². The summed E-state index contributed by atoms with van der Waals surface area (Å²) in [5, 5.41) is 0.138. The molecule has 8 heteroatoms. The highest BCUT2D eigenvalue weighted by atomic mass is 32.2. The molecule has 0 aromatic heterocycles. The van der Waals surface area contributed by atoms with Gasteiger partial charge in [-0.2, -0.15) is 0 Å². The van der Waals surface area contributed by atoms with Crippen molar-refractivity contribution in [2.45, 2.75) is 116 Å². The summed E-state index contributed by atoms with van der Waals surface area (Å²) in [6, 6.07) is 0.0345. The fraction of sp³-hybridized carbons (Fsp3) is 0.957. The van der Waals surface area contributed by atoms with Gasteiger partial charge in [0.25, 0.3) is 0 Å². The van der Waals surface area contributed by atoms with Gasteiger partial charge in [0.1, 0.15) is 10.3 Å². The molecule has 1 fully saturated rings. The molecule has 0 saturated carbocycles. The molecule has 0 radical (unpaired) electrons. The van der Waals surface area contributed by atoms with Gasteiger partial charge in [-0.15, -0.1) is 4.72 Å². The first-order valence-electron chi connectivity index (χ1n) is 11.6. The van der Waals surface area contributed by atoms with Gasteiger partial charge in [0.15, 0.2) is 8.32 Å². The summed E-state index contributed by atoms with van der Waals surface area (Å²) in [5.74, 6) is 0.469. The van der Waals surface area contributed by atoms with E-state index >= 15 is 0 Å². The van der Waals surface area contributed by atoms with Crippen molar-refractivity contribution in [2.24, 2.45) is 5.92 Å². The second kappa shape index (κ2) is 10.8. The number of nitrogens with zero attached hydrogens (tertiary/aromatic N) is 1. The molecule has 1 heterocycles. The standard InChI is InChI=1S/C23H48N2O4SSi/c1-21(2,3)29-20(26)25-14-12-18(13-15-25)16-19(24-30(27)22(4,5)6)17-28-31(10,11)23(7,8)9/h18-19,24H,12-17H2,1-11H3/t19-,30+/m1/s1. The number of carbonyl (C=O) groups excluding carboxylic acids is 1. The predicted molar refractivity (Wildman–Crippen MR) is 133 cm³/mol. The Kier molecular flexibility index (Phi) is 9.98. The summed E-state index contributed by atoms with van der Waals surface area (Å²) in [6.07, 6.45) is 2.54. The Morgan fingerprint density at radius 2 is 1.61 bits per heavy atom. The molecule has 1 N–H and O–H groups in total. The minimum atomic E-state index is -1.89. The Balaban J connectivity index is 2.72. The monoisotopic (exact) mass is 476 g/mol. The summed E-state index contributed by atoms with van der Waals surface area (Å²) in [4.78, 5) is 14.2. The van der Waals surface area contributed by atoms with Gasteiger partial charge in [-0.05, 0) is 84.9 Å². The third-order valence-electron chi connectivity index (χ3n) is 6.17. The van der Waals surface area contributed by atoms with Crippen molar-refractivity contribution in [1.82, 2.24) is 9.62 Å². The lowest BCUT2D eigenvalue weighted by molar-refractivity contribution is 0.0176. The molecule has 0 aromatic rings. The first-order valence-corrected chi connectivity index (χ1v) is 15.7. The van der Waals surface area contributed by atoms with E-state index in [-0.39, 0.29) is 21.9 Å². The zero-order valence-corrected chi connectivity index (χ0v) is 23.7. The van der Waals surface area contributed by atoms with E-state index in [9.17, 15) is 9.35 Å². The fourth-order valence-electron chi connectivity index (χ4n) is 3.08. The topological polar surface area (TPSA) is 73.9 Å². The lowest BCUT2D eigenvalue weighted by atomic mass is 9.91. The molecular formula is C23H48N2O4SSi.